The van der Waals surface area contributed by atoms with Gasteiger partial charge in [0.2, 0.25) is 5.91 Å². The van der Waals surface area contributed by atoms with Crippen molar-refractivity contribution in [3.8, 4) is 0 Å². The Kier molecular flexibility index (Phi) is 12.4. The summed E-state index contributed by atoms with van der Waals surface area (Å²) in [5, 5.41) is 25.6. The van der Waals surface area contributed by atoms with Gasteiger partial charge in [0.05, 0.1) is 24.7 Å². The zero-order valence-corrected chi connectivity index (χ0v) is 42.7. The summed E-state index contributed by atoms with van der Waals surface area (Å²) in [6.07, 6.45) is 17.3. The second-order valence-corrected chi connectivity index (χ2v) is 24.3. The Balaban J connectivity index is 0.640. The minimum Gasteiger partial charge on any atom is -0.458 e. The zero-order valence-electron chi connectivity index (χ0n) is 42.7. The van der Waals surface area contributed by atoms with Crippen LogP contribution >= 0.6 is 0 Å². The molecule has 4 aliphatic heterocycles. The predicted molar refractivity (Wildman–Crippen MR) is 261 cm³/mol. The second-order valence-electron chi connectivity index (χ2n) is 24.3. The number of allylic oxidation sites excluding steroid dienone is 4. The van der Waals surface area contributed by atoms with Crippen LogP contribution < -0.4 is 5.43 Å². The number of cyclic esters (lactones) is 1. The van der Waals surface area contributed by atoms with Crippen LogP contribution in [-0.2, 0) is 47.6 Å². The second kappa shape index (κ2) is 17.9. The summed E-state index contributed by atoms with van der Waals surface area (Å²) < 4.78 is 37.8. The van der Waals surface area contributed by atoms with Crippen LogP contribution in [0.1, 0.15) is 151 Å². The number of amides is 1. The molecule has 0 bridgehead atoms. The molecule has 11 rings (SSSR count). The minimum atomic E-state index is -0.867. The van der Waals surface area contributed by atoms with Gasteiger partial charge in [0.1, 0.15) is 36.1 Å². The highest BCUT2D eigenvalue weighted by Gasteiger charge is 3.01. The molecular formula is C57H76N2O12. The minimum absolute atomic E-state index is 0.0137. The molecule has 3 saturated heterocycles. The van der Waals surface area contributed by atoms with E-state index in [0.29, 0.717) is 74.5 Å². The molecule has 9 fully saturated rings. The molecule has 1 amide bonds. The highest BCUT2D eigenvalue weighted by molar-refractivity contribution is 5.92. The van der Waals surface area contributed by atoms with Gasteiger partial charge in [0, 0.05) is 36.0 Å². The molecule has 386 valence electrons. The Labute approximate surface area is 418 Å². The number of hydrazone groups is 1. The van der Waals surface area contributed by atoms with Crippen LogP contribution in [0.2, 0.25) is 0 Å². The van der Waals surface area contributed by atoms with E-state index in [1.54, 1.807) is 6.92 Å². The third kappa shape index (κ3) is 7.91. The van der Waals surface area contributed by atoms with Crippen LogP contribution in [0.3, 0.4) is 0 Å². The number of aliphatic hydroxyl groups is 2. The number of esters is 3. The predicted octanol–water partition coefficient (Wildman–Crippen LogP) is 7.75. The highest BCUT2D eigenvalue weighted by Crippen LogP contribution is 2.83. The van der Waals surface area contributed by atoms with Gasteiger partial charge >= 0.3 is 17.9 Å². The maximum atomic E-state index is 13.7. The number of epoxide rings is 3. The number of rotatable bonds is 16. The van der Waals surface area contributed by atoms with Gasteiger partial charge in [-0.15, -0.1) is 0 Å². The number of fused-ring (bicyclic) bond motifs is 5. The molecule has 0 aromatic carbocycles. The molecule has 11 aliphatic rings. The Hall–Kier alpha value is -3.95. The Bertz CT molecular complexity index is 2420. The smallest absolute Gasteiger partial charge is 0.334 e. The average molecular weight is 981 g/mol. The molecule has 0 aromatic heterocycles. The molecule has 3 N–H and O–H groups in total. The third-order valence-corrected chi connectivity index (χ3v) is 20.1. The van der Waals surface area contributed by atoms with Crippen molar-refractivity contribution in [1.29, 1.82) is 0 Å². The molecule has 6 saturated carbocycles. The van der Waals surface area contributed by atoms with Gasteiger partial charge in [-0.1, -0.05) is 71.1 Å². The third-order valence-electron chi connectivity index (χ3n) is 20.1. The first-order chi connectivity index (χ1) is 33.9. The van der Waals surface area contributed by atoms with Crippen LogP contribution in [0.5, 0.6) is 0 Å². The van der Waals surface area contributed by atoms with Crippen molar-refractivity contribution in [3.63, 3.8) is 0 Å². The van der Waals surface area contributed by atoms with Crippen LogP contribution in [0, 0.1) is 46.3 Å². The van der Waals surface area contributed by atoms with Crippen molar-refractivity contribution < 1.29 is 57.8 Å². The van der Waals surface area contributed by atoms with E-state index in [0.717, 1.165) is 60.8 Å². The fraction of sp³-hybridized carbons (Fsp3) is 0.737. The normalized spacial score (nSPS) is 43.6. The fourth-order valence-corrected chi connectivity index (χ4v) is 16.0. The van der Waals surface area contributed by atoms with E-state index in [-0.39, 0.29) is 78.3 Å². The first-order valence-electron chi connectivity index (χ1n) is 27.1. The standard InChI is InChI=1S/C57H76N2O12/c1-30(2)55-49(70-55)50-57(71-50)54(7)25-23-38-39(29-66-51(38)65)42(54)28-45-56(57,69-45)52(55)68-48(64)22-21-46(62)59-58-32(4)10-8-12-47(63)67-44-27-37(60)26-36(33(44)5)17-14-34-11-9-24-53(6)40(18-19-41(34)53)31(3)13-20-43(61)35-15-16-35/h13-14,17,20,30-31,35,37,40-45,49-50,52,60-61H,5,8-12,15-16,18-19,21-29H2,1-4,6-7H3,(H,59,62)/b20-13+,34-14+,36-17-,58-32+/t31-,37+,40?,41?,42-,43?,44-,45-,49-,50-,52+,53+,54-,55-,56+,57+/m0/s1. The van der Waals surface area contributed by atoms with E-state index in [4.69, 9.17) is 28.4 Å². The van der Waals surface area contributed by atoms with E-state index in [2.05, 4.69) is 70.0 Å². The van der Waals surface area contributed by atoms with Crippen LogP contribution in [0.25, 0.3) is 0 Å². The van der Waals surface area contributed by atoms with Crippen molar-refractivity contribution in [2.24, 2.45) is 51.4 Å². The average Bonchev–Trinajstić information content (AvgIpc) is 4.17. The molecule has 7 aliphatic carbocycles. The molecule has 71 heavy (non-hydrogen) atoms. The Morgan fingerprint density at radius 3 is 2.48 bits per heavy atom. The molecule has 16 atom stereocenters. The number of carbonyl (C=O) groups excluding carboxylic acids is 4. The number of hydrogen-bond donors (Lipinski definition) is 3. The molecule has 2 spiro atoms. The van der Waals surface area contributed by atoms with E-state index >= 15 is 0 Å². The summed E-state index contributed by atoms with van der Waals surface area (Å²) in [6, 6.07) is 0. The zero-order chi connectivity index (χ0) is 50.0. The van der Waals surface area contributed by atoms with Crippen molar-refractivity contribution >= 4 is 29.5 Å². The molecular weight excluding hydrogens is 905 g/mol. The number of hydrogen-bond acceptors (Lipinski definition) is 13. The summed E-state index contributed by atoms with van der Waals surface area (Å²) >= 11 is 0. The summed E-state index contributed by atoms with van der Waals surface area (Å²) in [4.78, 5) is 52.3. The number of ether oxygens (including phenoxy) is 6. The first-order valence-corrected chi connectivity index (χ1v) is 27.1. The van der Waals surface area contributed by atoms with Gasteiger partial charge in [-0.3, -0.25) is 14.4 Å². The Morgan fingerprint density at radius 2 is 1.70 bits per heavy atom. The van der Waals surface area contributed by atoms with Gasteiger partial charge in [-0.2, -0.15) is 5.10 Å². The Morgan fingerprint density at radius 1 is 0.915 bits per heavy atom. The van der Waals surface area contributed by atoms with Gasteiger partial charge in [0.15, 0.2) is 11.7 Å². The first kappa shape index (κ1) is 49.3. The fourth-order valence-electron chi connectivity index (χ4n) is 16.0. The number of carbonyl (C=O) groups is 4. The summed E-state index contributed by atoms with van der Waals surface area (Å²) in [5.41, 5.74) is 5.67. The van der Waals surface area contributed by atoms with Gasteiger partial charge in [-0.05, 0) is 148 Å². The van der Waals surface area contributed by atoms with Gasteiger partial charge < -0.3 is 38.6 Å². The maximum Gasteiger partial charge on any atom is 0.334 e. The largest absolute Gasteiger partial charge is 0.458 e. The van der Waals surface area contributed by atoms with E-state index in [9.17, 15) is 29.4 Å². The summed E-state index contributed by atoms with van der Waals surface area (Å²) in [7, 11) is 0. The molecule has 3 unspecified atom stereocenters. The van der Waals surface area contributed by atoms with Crippen LogP contribution in [-0.4, -0.2) is 106 Å². The van der Waals surface area contributed by atoms with Crippen molar-refractivity contribution in [2.75, 3.05) is 6.61 Å². The van der Waals surface area contributed by atoms with Crippen molar-refractivity contribution in [2.45, 2.75) is 210 Å². The molecule has 0 radical (unpaired) electrons. The molecule has 14 heteroatoms. The lowest BCUT2D eigenvalue weighted by molar-refractivity contribution is -0.169. The lowest BCUT2D eigenvalue weighted by Crippen LogP contribution is -2.70. The summed E-state index contributed by atoms with van der Waals surface area (Å²) in [5.74, 6) is 0.454. The number of nitrogens with zero attached hydrogens (tertiary/aromatic N) is 1. The summed E-state index contributed by atoms with van der Waals surface area (Å²) in [6.45, 7) is 17.6. The highest BCUT2D eigenvalue weighted by atomic mass is 16.8. The maximum absolute atomic E-state index is 13.7. The van der Waals surface area contributed by atoms with Crippen LogP contribution in [0.15, 0.2) is 63.8 Å². The number of nitrogens with one attached hydrogen (secondary N) is 1. The van der Waals surface area contributed by atoms with Crippen LogP contribution in [0.4, 0.5) is 0 Å². The molecule has 14 nitrogen and oxygen atoms in total. The van der Waals surface area contributed by atoms with Gasteiger partial charge in [0.25, 0.3) is 0 Å². The number of aliphatic hydroxyl groups excluding tert-OH is 2. The van der Waals surface area contributed by atoms with E-state index in [1.165, 1.54) is 18.4 Å². The quantitative estimate of drug-likeness (QED) is 0.0340. The topological polar surface area (TPSA) is 198 Å². The molecule has 4 heterocycles. The monoisotopic (exact) mass is 981 g/mol. The van der Waals surface area contributed by atoms with E-state index < -0.39 is 47.0 Å². The van der Waals surface area contributed by atoms with Gasteiger partial charge in [-0.25, -0.2) is 10.2 Å². The lowest BCUT2D eigenvalue weighted by Gasteiger charge is -2.53. The lowest BCUT2D eigenvalue weighted by atomic mass is 9.46. The van der Waals surface area contributed by atoms with E-state index in [1.807, 2.05) is 6.08 Å². The SMILES string of the molecule is C=C1/C(=C\C=C2/CCC[C@@]3(C)C2CCC3[C@@H](C)/C=C/C(O)C2CC2)C[C@@H](O)C[C@@H]1OC(=O)CCC/C(C)=N/NC(=O)CCC(=O)O[C@@H]1[C@@]2(C(C)C)O[C@H]2[C@@H]2O[C@]23[C@]12O[C@H]2C[C@H]1C2=C(CC[C@@]13C)C(=O)OC2. The molecule has 0 aromatic rings. The van der Waals surface area contributed by atoms with Crippen molar-refractivity contribution in [3.05, 3.63) is 58.7 Å². The van der Waals surface area contributed by atoms with Crippen molar-refractivity contribution in [1.82, 2.24) is 5.43 Å².